The van der Waals surface area contributed by atoms with E-state index in [1.54, 1.807) is 6.07 Å². The minimum absolute atomic E-state index is 0.205. The molecule has 1 fully saturated rings. The van der Waals surface area contributed by atoms with Crippen LogP contribution in [0.5, 0.6) is 5.75 Å². The summed E-state index contributed by atoms with van der Waals surface area (Å²) in [5.74, 6) is 1.13. The Bertz CT molecular complexity index is 688. The number of hydrogen-bond donors (Lipinski definition) is 2. The first-order chi connectivity index (χ1) is 10.7. The smallest absolute Gasteiger partial charge is 0.291 e. The third-order valence-electron chi connectivity index (χ3n) is 4.05. The van der Waals surface area contributed by atoms with Crippen LogP contribution in [0.1, 0.15) is 12.0 Å². The number of pyridine rings is 1. The van der Waals surface area contributed by atoms with Gasteiger partial charge in [0.1, 0.15) is 5.82 Å². The van der Waals surface area contributed by atoms with Gasteiger partial charge in [-0.05, 0) is 44.2 Å². The Morgan fingerprint density at radius 2 is 1.95 bits per heavy atom. The van der Waals surface area contributed by atoms with Gasteiger partial charge in [-0.15, -0.1) is 0 Å². The molecule has 2 aromatic rings. The molecule has 1 aliphatic heterocycles. The maximum absolute atomic E-state index is 12.1. The van der Waals surface area contributed by atoms with Crippen molar-refractivity contribution in [3.8, 4) is 5.75 Å². The van der Waals surface area contributed by atoms with Gasteiger partial charge in [-0.2, -0.15) is 0 Å². The van der Waals surface area contributed by atoms with Crippen LogP contribution < -0.4 is 20.5 Å². The number of aromatic nitrogens is 1. The average Bonchev–Trinajstić information content (AvgIpc) is 3.04. The number of methoxy groups -OCH3 is 1. The first kappa shape index (κ1) is 14.7. The summed E-state index contributed by atoms with van der Waals surface area (Å²) < 4.78 is 5.05. The van der Waals surface area contributed by atoms with Crippen molar-refractivity contribution in [2.75, 3.05) is 25.1 Å². The van der Waals surface area contributed by atoms with Gasteiger partial charge in [-0.1, -0.05) is 17.7 Å². The molecule has 2 N–H and O–H groups in total. The third-order valence-corrected chi connectivity index (χ3v) is 4.05. The second-order valence-electron chi connectivity index (χ2n) is 5.59. The molecule has 0 radical (unpaired) electrons. The first-order valence-corrected chi connectivity index (χ1v) is 7.53. The number of rotatable bonds is 4. The van der Waals surface area contributed by atoms with Crippen molar-refractivity contribution in [3.05, 3.63) is 52.3 Å². The zero-order chi connectivity index (χ0) is 15.5. The van der Waals surface area contributed by atoms with E-state index in [1.807, 2.05) is 6.07 Å². The normalized spacial score (nSPS) is 17.5. The number of nitrogens with one attached hydrogen (secondary N) is 2. The van der Waals surface area contributed by atoms with E-state index in [0.717, 1.165) is 31.0 Å². The Kier molecular flexibility index (Phi) is 4.15. The number of aryl methyl sites for hydroxylation is 1. The highest BCUT2D eigenvalue weighted by Crippen LogP contribution is 2.28. The summed E-state index contributed by atoms with van der Waals surface area (Å²) in [7, 11) is 1.50. The van der Waals surface area contributed by atoms with Crippen molar-refractivity contribution >= 4 is 11.5 Å². The molecular weight excluding hydrogens is 278 g/mol. The van der Waals surface area contributed by atoms with Gasteiger partial charge in [0.15, 0.2) is 5.75 Å². The fourth-order valence-electron chi connectivity index (χ4n) is 2.86. The van der Waals surface area contributed by atoms with E-state index in [0.29, 0.717) is 11.8 Å². The van der Waals surface area contributed by atoms with E-state index in [4.69, 9.17) is 4.74 Å². The highest BCUT2D eigenvalue weighted by Gasteiger charge is 2.25. The molecule has 22 heavy (non-hydrogen) atoms. The summed E-state index contributed by atoms with van der Waals surface area (Å²) in [5, 5.41) is 3.38. The van der Waals surface area contributed by atoms with Gasteiger partial charge in [0.05, 0.1) is 7.11 Å². The maximum atomic E-state index is 12.1. The van der Waals surface area contributed by atoms with Crippen LogP contribution in [0.15, 0.2) is 41.2 Å². The Hall–Kier alpha value is -2.27. The number of hydrogen-bond acceptors (Lipinski definition) is 4. The quantitative estimate of drug-likeness (QED) is 0.908. The van der Waals surface area contributed by atoms with E-state index < -0.39 is 0 Å². The minimum atomic E-state index is -0.205. The van der Waals surface area contributed by atoms with Crippen molar-refractivity contribution in [2.24, 2.45) is 0 Å². The number of H-pyrrole nitrogens is 1. The summed E-state index contributed by atoms with van der Waals surface area (Å²) in [5.41, 5.74) is 2.10. The molecule has 1 saturated heterocycles. The zero-order valence-corrected chi connectivity index (χ0v) is 12.9. The van der Waals surface area contributed by atoms with Gasteiger partial charge >= 0.3 is 0 Å². The molecule has 1 aromatic carbocycles. The molecule has 116 valence electrons. The second kappa shape index (κ2) is 6.23. The van der Waals surface area contributed by atoms with Gasteiger partial charge in [0.25, 0.3) is 5.56 Å². The molecule has 1 atom stereocenters. The molecule has 0 amide bonds. The Labute approximate surface area is 129 Å². The van der Waals surface area contributed by atoms with Gasteiger partial charge in [0.2, 0.25) is 0 Å². The number of ether oxygens (including phenoxy) is 1. The summed E-state index contributed by atoms with van der Waals surface area (Å²) >= 11 is 0. The number of nitrogens with zero attached hydrogens (tertiary/aromatic N) is 1. The van der Waals surface area contributed by atoms with E-state index in [2.05, 4.69) is 46.4 Å². The van der Waals surface area contributed by atoms with Crippen LogP contribution in [0.2, 0.25) is 0 Å². The molecule has 0 bridgehead atoms. The average molecular weight is 299 g/mol. The van der Waals surface area contributed by atoms with Gasteiger partial charge < -0.3 is 19.9 Å². The largest absolute Gasteiger partial charge is 0.491 e. The summed E-state index contributed by atoms with van der Waals surface area (Å²) in [6.07, 6.45) is 1.04. The van der Waals surface area contributed by atoms with Crippen LogP contribution in [0.3, 0.4) is 0 Å². The fourth-order valence-corrected chi connectivity index (χ4v) is 2.86. The molecule has 0 saturated carbocycles. The molecular formula is C17H21N3O2. The molecule has 1 aliphatic rings. The summed E-state index contributed by atoms with van der Waals surface area (Å²) in [6.45, 7) is 3.97. The van der Waals surface area contributed by atoms with Gasteiger partial charge in [0, 0.05) is 18.3 Å². The number of anilines is 2. The highest BCUT2D eigenvalue weighted by molar-refractivity contribution is 5.62. The molecule has 5 heteroatoms. The third kappa shape index (κ3) is 2.85. The van der Waals surface area contributed by atoms with Crippen LogP contribution in [0, 0.1) is 6.92 Å². The van der Waals surface area contributed by atoms with Crippen LogP contribution >= 0.6 is 0 Å². The highest BCUT2D eigenvalue weighted by atomic mass is 16.5. The van der Waals surface area contributed by atoms with Crippen molar-refractivity contribution in [2.45, 2.75) is 19.4 Å². The van der Waals surface area contributed by atoms with Gasteiger partial charge in [-0.3, -0.25) is 4.79 Å². The lowest BCUT2D eigenvalue weighted by molar-refractivity contribution is 0.408. The number of benzene rings is 1. The van der Waals surface area contributed by atoms with Crippen LogP contribution in [0.4, 0.5) is 11.5 Å². The van der Waals surface area contributed by atoms with Crippen molar-refractivity contribution in [1.82, 2.24) is 10.3 Å². The zero-order valence-electron chi connectivity index (χ0n) is 12.9. The van der Waals surface area contributed by atoms with Crippen LogP contribution in [0.25, 0.3) is 0 Å². The Balaban J connectivity index is 2.03. The predicted molar refractivity (Wildman–Crippen MR) is 88.2 cm³/mol. The lowest BCUT2D eigenvalue weighted by atomic mass is 10.1. The Morgan fingerprint density at radius 3 is 2.55 bits per heavy atom. The SMILES string of the molecule is COc1ccc(N(c2ccc(C)cc2)C2CCNC2)[nH]c1=O. The molecule has 2 heterocycles. The molecule has 0 aliphatic carbocycles. The predicted octanol–water partition coefficient (Wildman–Crippen LogP) is 2.19. The van der Waals surface area contributed by atoms with Crippen molar-refractivity contribution < 1.29 is 4.74 Å². The molecule has 1 aromatic heterocycles. The van der Waals surface area contributed by atoms with Crippen LogP contribution in [-0.2, 0) is 0 Å². The molecule has 1 unspecified atom stereocenters. The molecule has 0 spiro atoms. The van der Waals surface area contributed by atoms with E-state index >= 15 is 0 Å². The summed E-state index contributed by atoms with van der Waals surface area (Å²) in [6, 6.07) is 12.3. The summed E-state index contributed by atoms with van der Waals surface area (Å²) in [4.78, 5) is 17.2. The standard InChI is InChI=1S/C17H21N3O2/c1-12-3-5-13(6-4-12)20(14-9-10-18-11-14)16-8-7-15(22-2)17(21)19-16/h3-8,14,18H,9-11H2,1-2H3,(H,19,21). The topological polar surface area (TPSA) is 57.4 Å². The van der Waals surface area contributed by atoms with Crippen LogP contribution in [-0.4, -0.2) is 31.2 Å². The Morgan fingerprint density at radius 1 is 1.18 bits per heavy atom. The first-order valence-electron chi connectivity index (χ1n) is 7.53. The minimum Gasteiger partial charge on any atom is -0.491 e. The van der Waals surface area contributed by atoms with Crippen molar-refractivity contribution in [3.63, 3.8) is 0 Å². The lowest BCUT2D eigenvalue weighted by Gasteiger charge is -2.30. The lowest BCUT2D eigenvalue weighted by Crippen LogP contribution is -2.34. The van der Waals surface area contributed by atoms with Crippen molar-refractivity contribution in [1.29, 1.82) is 0 Å². The fraction of sp³-hybridized carbons (Fsp3) is 0.353. The van der Waals surface area contributed by atoms with E-state index in [9.17, 15) is 4.79 Å². The second-order valence-corrected chi connectivity index (χ2v) is 5.59. The van der Waals surface area contributed by atoms with E-state index in [-0.39, 0.29) is 5.56 Å². The maximum Gasteiger partial charge on any atom is 0.291 e. The van der Waals surface area contributed by atoms with Gasteiger partial charge in [-0.25, -0.2) is 0 Å². The monoisotopic (exact) mass is 299 g/mol. The molecule has 5 nitrogen and oxygen atoms in total. The van der Waals surface area contributed by atoms with E-state index in [1.165, 1.54) is 12.7 Å². The molecule has 3 rings (SSSR count). The number of aromatic amines is 1.